The molecule has 0 saturated carbocycles. The summed E-state index contributed by atoms with van der Waals surface area (Å²) in [5.41, 5.74) is 10.5. The van der Waals surface area contributed by atoms with Crippen LogP contribution in [-0.4, -0.2) is 27.8 Å². The number of para-hydroxylation sites is 2. The van der Waals surface area contributed by atoms with E-state index in [-0.39, 0.29) is 0 Å². The van der Waals surface area contributed by atoms with Crippen LogP contribution in [0.3, 0.4) is 0 Å². The van der Waals surface area contributed by atoms with Crippen molar-refractivity contribution in [2.75, 3.05) is 0 Å². The second-order valence-corrected chi connectivity index (χ2v) is 22.6. The van der Waals surface area contributed by atoms with E-state index in [4.69, 9.17) is 14.4 Å². The predicted molar refractivity (Wildman–Crippen MR) is 237 cm³/mol. The molecule has 1 aliphatic heterocycles. The fraction of sp³-hybridized carbons (Fsp3) is 0. The molecule has 4 nitrogen and oxygen atoms in total. The van der Waals surface area contributed by atoms with Crippen molar-refractivity contribution >= 4 is 74.6 Å². The molecule has 4 heterocycles. The first-order chi connectivity index (χ1) is 28.3. The zero-order valence-corrected chi connectivity index (χ0v) is 32.9. The molecule has 0 atom stereocenters. The fourth-order valence-electron chi connectivity index (χ4n) is 9.46. The van der Waals surface area contributed by atoms with Gasteiger partial charge in [-0.25, -0.2) is 0 Å². The zero-order chi connectivity index (χ0) is 37.5. The van der Waals surface area contributed by atoms with Gasteiger partial charge in [-0.15, -0.1) is 0 Å². The van der Waals surface area contributed by atoms with Crippen molar-refractivity contribution < 1.29 is 4.42 Å². The van der Waals surface area contributed by atoms with E-state index in [2.05, 4.69) is 193 Å². The van der Waals surface area contributed by atoms with E-state index < -0.39 is 13.3 Å². The summed E-state index contributed by atoms with van der Waals surface area (Å²) < 4.78 is 14.1. The van der Waals surface area contributed by atoms with Gasteiger partial charge in [0, 0.05) is 5.39 Å². The van der Waals surface area contributed by atoms with Gasteiger partial charge < -0.3 is 4.42 Å². The molecular weight excluding hydrogens is 755 g/mol. The standard InChI is InChI=1S/C52H33GeN3O/c1-4-16-34(17-5-1)50-49-51(41-24-10-13-25-44(41)53(49,36-18-6-2-7-19-36)37-20-8-3-9-21-37)55-52(54-50)35-28-30-38(31-29-35)56-45-26-14-11-22-39(45)42-33-48-43(32-46(42)56)40-23-12-15-27-47(40)57-48/h1-33H. The number of furan rings is 1. The van der Waals surface area contributed by atoms with Gasteiger partial charge in [-0.2, -0.15) is 0 Å². The predicted octanol–water partition coefficient (Wildman–Crippen LogP) is 10.2. The average molecular weight is 788 g/mol. The Hall–Kier alpha value is -7.02. The van der Waals surface area contributed by atoms with Gasteiger partial charge in [-0.1, -0.05) is 24.3 Å². The first-order valence-electron chi connectivity index (χ1n) is 19.4. The van der Waals surface area contributed by atoms with Gasteiger partial charge in [0.05, 0.1) is 0 Å². The Labute approximate surface area is 331 Å². The average Bonchev–Trinajstić information content (AvgIpc) is 3.92. The van der Waals surface area contributed by atoms with Gasteiger partial charge >= 0.3 is 282 Å². The minimum absolute atomic E-state index is 0.724. The van der Waals surface area contributed by atoms with Crippen LogP contribution in [-0.2, 0) is 0 Å². The summed E-state index contributed by atoms with van der Waals surface area (Å²) in [5, 5.41) is 4.60. The van der Waals surface area contributed by atoms with Gasteiger partial charge in [0.25, 0.3) is 0 Å². The quantitative estimate of drug-likeness (QED) is 0.163. The summed E-state index contributed by atoms with van der Waals surface area (Å²) >= 11 is -3.62. The molecule has 0 radical (unpaired) electrons. The van der Waals surface area contributed by atoms with Crippen LogP contribution < -0.4 is 17.6 Å². The van der Waals surface area contributed by atoms with Crippen LogP contribution >= 0.6 is 0 Å². The molecule has 5 heteroatoms. The van der Waals surface area contributed by atoms with Crippen LogP contribution in [0, 0.1) is 0 Å². The molecular formula is C52H33GeN3O. The third kappa shape index (κ3) is 4.68. The number of hydrogen-bond acceptors (Lipinski definition) is 3. The molecule has 0 amide bonds. The number of rotatable bonds is 5. The SMILES string of the molecule is c1ccc(-c2nc(-c3ccc(-n4c5ccccc5c5cc6oc7ccccc7c6cc54)cc3)nc3[c]2[Ge]([c]2ccccc2)([c]2ccccc2)[c]2ccccc2-3)cc1. The third-order valence-corrected chi connectivity index (χ3v) is 22.1. The molecule has 0 spiro atoms. The molecule has 0 unspecified atom stereocenters. The van der Waals surface area contributed by atoms with Crippen LogP contribution in [0.4, 0.5) is 0 Å². The molecule has 266 valence electrons. The maximum absolute atomic E-state index is 6.33. The van der Waals surface area contributed by atoms with Crippen molar-refractivity contribution in [3.8, 4) is 39.6 Å². The van der Waals surface area contributed by atoms with Crippen molar-refractivity contribution in [1.82, 2.24) is 14.5 Å². The Kier molecular flexibility index (Phi) is 7.07. The number of fused-ring (bicyclic) bond motifs is 9. The molecule has 11 aromatic rings. The first-order valence-corrected chi connectivity index (χ1v) is 23.6. The molecule has 57 heavy (non-hydrogen) atoms. The minimum atomic E-state index is -3.62. The zero-order valence-electron chi connectivity index (χ0n) is 30.8. The van der Waals surface area contributed by atoms with E-state index in [1.807, 2.05) is 12.1 Å². The van der Waals surface area contributed by atoms with E-state index in [1.54, 1.807) is 0 Å². The number of hydrogen-bond donors (Lipinski definition) is 0. The van der Waals surface area contributed by atoms with Crippen LogP contribution in [0.1, 0.15) is 0 Å². The summed E-state index contributed by atoms with van der Waals surface area (Å²) in [5.74, 6) is 0.724. The third-order valence-electron chi connectivity index (χ3n) is 11.9. The number of aromatic nitrogens is 3. The molecule has 8 aromatic carbocycles. The van der Waals surface area contributed by atoms with E-state index in [1.165, 1.54) is 33.9 Å². The number of nitrogens with zero attached hydrogens (tertiary/aromatic N) is 3. The van der Waals surface area contributed by atoms with Crippen molar-refractivity contribution in [3.63, 3.8) is 0 Å². The summed E-state index contributed by atoms with van der Waals surface area (Å²) in [7, 11) is 0. The van der Waals surface area contributed by atoms with Crippen LogP contribution in [0.25, 0.3) is 83.3 Å². The first kappa shape index (κ1) is 32.2. The molecule has 0 fully saturated rings. The Morgan fingerprint density at radius 3 is 1.79 bits per heavy atom. The normalized spacial score (nSPS) is 13.1. The molecule has 0 aliphatic carbocycles. The van der Waals surface area contributed by atoms with E-state index in [9.17, 15) is 0 Å². The van der Waals surface area contributed by atoms with Gasteiger partial charge in [0.1, 0.15) is 11.2 Å². The molecule has 3 aromatic heterocycles. The summed E-state index contributed by atoms with van der Waals surface area (Å²) in [4.78, 5) is 11.1. The van der Waals surface area contributed by atoms with E-state index in [0.717, 1.165) is 67.0 Å². The van der Waals surface area contributed by atoms with Gasteiger partial charge in [-0.05, 0) is 6.07 Å². The van der Waals surface area contributed by atoms with Crippen LogP contribution in [0.15, 0.2) is 205 Å². The Morgan fingerprint density at radius 2 is 1.04 bits per heavy atom. The van der Waals surface area contributed by atoms with Crippen LogP contribution in [0.2, 0.25) is 0 Å². The molecule has 12 rings (SSSR count). The van der Waals surface area contributed by atoms with Crippen molar-refractivity contribution in [3.05, 3.63) is 200 Å². The molecule has 0 N–H and O–H groups in total. The van der Waals surface area contributed by atoms with Crippen LogP contribution in [0.5, 0.6) is 0 Å². The second kappa shape index (κ2) is 12.5. The number of benzene rings is 8. The van der Waals surface area contributed by atoms with E-state index in [0.29, 0.717) is 0 Å². The van der Waals surface area contributed by atoms with Crippen molar-refractivity contribution in [2.45, 2.75) is 0 Å². The summed E-state index contributed by atoms with van der Waals surface area (Å²) in [6.45, 7) is 0. The van der Waals surface area contributed by atoms with Gasteiger partial charge in [0.15, 0.2) is 0 Å². The molecule has 1 aliphatic rings. The summed E-state index contributed by atoms with van der Waals surface area (Å²) in [6, 6.07) is 72.1. The molecule has 0 saturated heterocycles. The van der Waals surface area contributed by atoms with Crippen molar-refractivity contribution in [2.24, 2.45) is 0 Å². The van der Waals surface area contributed by atoms with Gasteiger partial charge in [-0.3, -0.25) is 0 Å². The topological polar surface area (TPSA) is 43.9 Å². The Morgan fingerprint density at radius 1 is 0.421 bits per heavy atom. The monoisotopic (exact) mass is 789 g/mol. The Balaban J connectivity index is 1.08. The van der Waals surface area contributed by atoms with Crippen molar-refractivity contribution in [1.29, 1.82) is 0 Å². The second-order valence-electron chi connectivity index (χ2n) is 14.9. The fourth-order valence-corrected chi connectivity index (χ4v) is 20.5. The Bertz CT molecular complexity index is 3300. The van der Waals surface area contributed by atoms with E-state index >= 15 is 0 Å². The molecule has 0 bridgehead atoms. The van der Waals surface area contributed by atoms with Gasteiger partial charge in [0.2, 0.25) is 0 Å². The maximum atomic E-state index is 6.33. The summed E-state index contributed by atoms with van der Waals surface area (Å²) in [6.07, 6.45) is 0.